The van der Waals surface area contributed by atoms with Crippen LogP contribution in [0.5, 0.6) is 11.5 Å². The van der Waals surface area contributed by atoms with Gasteiger partial charge in [-0.05, 0) is 12.1 Å². The summed E-state index contributed by atoms with van der Waals surface area (Å²) in [6, 6.07) is 2.51. The number of nitrogens with zero attached hydrogens (tertiary/aromatic N) is 3. The van der Waals surface area contributed by atoms with Crippen LogP contribution in [-0.2, 0) is 0 Å². The van der Waals surface area contributed by atoms with Gasteiger partial charge in [0.05, 0.1) is 29.9 Å². The van der Waals surface area contributed by atoms with E-state index in [0.29, 0.717) is 17.1 Å². The lowest BCUT2D eigenvalue weighted by atomic mass is 10.1. The second-order valence-electron chi connectivity index (χ2n) is 7.24. The molecule has 0 saturated heterocycles. The molecule has 12 heteroatoms. The Labute approximate surface area is 201 Å². The summed E-state index contributed by atoms with van der Waals surface area (Å²) in [6.45, 7) is 4.06. The van der Waals surface area contributed by atoms with Crippen molar-refractivity contribution in [2.45, 2.75) is 26.2 Å². The molecule has 1 unspecified atom stereocenters. The molecule has 3 aliphatic rings. The smallest absolute Gasteiger partial charge is 0.395 e. The van der Waals surface area contributed by atoms with Crippen LogP contribution in [0.2, 0.25) is 5.02 Å². The first-order valence-corrected chi connectivity index (χ1v) is 10.9. The summed E-state index contributed by atoms with van der Waals surface area (Å²) in [5.41, 5.74) is 1.23. The quantitative estimate of drug-likeness (QED) is 0.589. The average Bonchev–Trinajstić information content (AvgIpc) is 3.22. The van der Waals surface area contributed by atoms with Crippen LogP contribution in [-0.4, -0.2) is 73.7 Å². The Morgan fingerprint density at radius 3 is 2.24 bits per heavy atom. The van der Waals surface area contributed by atoms with Crippen LogP contribution in [0.1, 0.15) is 19.4 Å². The molecule has 0 amide bonds. The maximum absolute atomic E-state index is 13.1. The molecule has 1 aromatic rings. The van der Waals surface area contributed by atoms with E-state index in [1.165, 1.54) is 17.0 Å². The molecule has 3 heterocycles. The predicted octanol–water partition coefficient (Wildman–Crippen LogP) is 4.32. The molecule has 0 aromatic heterocycles. The Kier molecular flexibility index (Phi) is 9.09. The van der Waals surface area contributed by atoms with E-state index in [9.17, 15) is 22.7 Å². The van der Waals surface area contributed by atoms with E-state index >= 15 is 0 Å². The third kappa shape index (κ3) is 5.89. The van der Waals surface area contributed by atoms with Crippen molar-refractivity contribution < 1.29 is 32.1 Å². The van der Waals surface area contributed by atoms with Crippen molar-refractivity contribution in [3.05, 3.63) is 52.3 Å². The minimum absolute atomic E-state index is 0.0649. The highest BCUT2D eigenvalue weighted by Gasteiger charge is 2.44. The monoisotopic (exact) mass is 508 g/mol. The van der Waals surface area contributed by atoms with Crippen molar-refractivity contribution in [1.82, 2.24) is 20.2 Å². The molecule has 2 N–H and O–H groups in total. The topological polar surface area (TPSA) is 60.4 Å². The summed E-state index contributed by atoms with van der Waals surface area (Å²) in [7, 11) is 6.82. The van der Waals surface area contributed by atoms with Crippen molar-refractivity contribution >= 4 is 17.3 Å². The Hall–Kier alpha value is -2.63. The van der Waals surface area contributed by atoms with Gasteiger partial charge in [-0.2, -0.15) is 0 Å². The summed E-state index contributed by atoms with van der Waals surface area (Å²) >= 11 is 6.16. The van der Waals surface area contributed by atoms with Gasteiger partial charge in [-0.3, -0.25) is 0 Å². The van der Waals surface area contributed by atoms with Crippen LogP contribution < -0.4 is 14.8 Å². The normalized spacial score (nSPS) is 20.8. The van der Waals surface area contributed by atoms with Crippen LogP contribution in [0.4, 0.5) is 17.6 Å². The molecule has 0 fully saturated rings. The van der Waals surface area contributed by atoms with Crippen LogP contribution in [0.3, 0.4) is 0 Å². The number of nitrogens with one attached hydrogen (secondary N) is 1. The lowest BCUT2D eigenvalue weighted by Gasteiger charge is -2.28. The largest absolute Gasteiger partial charge is 0.586 e. The number of halogens is 5. The van der Waals surface area contributed by atoms with Gasteiger partial charge in [-0.15, -0.1) is 8.78 Å². The number of likely N-dealkylation sites (N-methyl/N-ethyl adjacent to an activating group) is 2. The molecule has 1 aromatic carbocycles. The number of hydrogen-bond donors (Lipinski definition) is 2. The molecule has 0 radical (unpaired) electrons. The second-order valence-corrected chi connectivity index (χ2v) is 7.65. The number of rotatable bonds is 3. The summed E-state index contributed by atoms with van der Waals surface area (Å²) in [6.07, 6.45) is -0.974. The number of ether oxygens (including phenoxy) is 2. The van der Waals surface area contributed by atoms with Crippen LogP contribution in [0, 0.1) is 0 Å². The number of hydrogen-bond acceptors (Lipinski definition) is 7. The summed E-state index contributed by atoms with van der Waals surface area (Å²) < 4.78 is 60.3. The average molecular weight is 509 g/mol. The Bertz CT molecular complexity index is 987. The number of aliphatic hydroxyl groups is 1. The summed E-state index contributed by atoms with van der Waals surface area (Å²) in [4.78, 5) is 1.48. The number of fused-ring (bicyclic) bond motifs is 1. The molecule has 190 valence electrons. The molecule has 7 nitrogen and oxygen atoms in total. The van der Waals surface area contributed by atoms with Gasteiger partial charge in [0.25, 0.3) is 0 Å². The van der Waals surface area contributed by atoms with Crippen LogP contribution >= 0.6 is 11.6 Å². The molecule has 4 rings (SSSR count). The first kappa shape index (κ1) is 27.6. The van der Waals surface area contributed by atoms with Gasteiger partial charge >= 0.3 is 6.29 Å². The molecule has 0 bridgehead atoms. The van der Waals surface area contributed by atoms with E-state index in [0.717, 1.165) is 6.08 Å². The Morgan fingerprint density at radius 2 is 1.74 bits per heavy atom. The first-order chi connectivity index (χ1) is 16.0. The minimum atomic E-state index is -3.68. The zero-order valence-electron chi connectivity index (χ0n) is 19.8. The molecular weight excluding hydrogens is 480 g/mol. The number of alkyl halides is 2. The zero-order valence-corrected chi connectivity index (χ0v) is 20.6. The first-order valence-electron chi connectivity index (χ1n) is 10.5. The molecular formula is C22H29ClF4N4O3. The molecule has 0 spiro atoms. The van der Waals surface area contributed by atoms with Gasteiger partial charge < -0.3 is 29.8 Å². The molecule has 34 heavy (non-hydrogen) atoms. The number of allylic oxidation sites excluding steroid dienone is 2. The van der Waals surface area contributed by atoms with E-state index in [1.54, 1.807) is 33.2 Å². The van der Waals surface area contributed by atoms with Gasteiger partial charge in [0.2, 0.25) is 0 Å². The van der Waals surface area contributed by atoms with E-state index in [4.69, 9.17) is 11.6 Å². The van der Waals surface area contributed by atoms with Gasteiger partial charge in [0, 0.05) is 45.9 Å². The van der Waals surface area contributed by atoms with Gasteiger partial charge in [0.1, 0.15) is 11.6 Å². The Balaban J connectivity index is 0.000000266. The SMILES string of the molecule is CC.CN1C(c2cc3c(cc2Cl)OC(F)(F)O3)=CC(CO)N1C.CNC1=C(F)C=C(F)CN1C. The van der Waals surface area contributed by atoms with Crippen molar-refractivity contribution in [2.75, 3.05) is 41.3 Å². The van der Waals surface area contributed by atoms with E-state index < -0.39 is 17.9 Å². The number of benzene rings is 1. The minimum Gasteiger partial charge on any atom is -0.395 e. The van der Waals surface area contributed by atoms with Gasteiger partial charge in [-0.25, -0.2) is 13.8 Å². The standard InChI is InChI=1S/C13H13ClF2N2O3.C7H10F2N2.C2H6/c1-17-7(6-19)3-10(18(17)2)8-4-11-12(5-9(8)14)21-13(15,16)20-11;1-10-7-6(9)3-5(8)4-11(7)2;1-2/h3-5,7,19H,6H2,1-2H3;3,10H,4H2,1-2H3;1-2H3. The highest BCUT2D eigenvalue weighted by Crippen LogP contribution is 2.46. The highest BCUT2D eigenvalue weighted by molar-refractivity contribution is 6.32. The number of hydrazine groups is 1. The lowest BCUT2D eigenvalue weighted by Crippen LogP contribution is -2.37. The summed E-state index contributed by atoms with van der Waals surface area (Å²) in [5.74, 6) is -0.847. The summed E-state index contributed by atoms with van der Waals surface area (Å²) in [5, 5.41) is 15.8. The predicted molar refractivity (Wildman–Crippen MR) is 122 cm³/mol. The maximum atomic E-state index is 13.1. The maximum Gasteiger partial charge on any atom is 0.586 e. The molecule has 0 aliphatic carbocycles. The van der Waals surface area contributed by atoms with Crippen molar-refractivity contribution in [1.29, 1.82) is 0 Å². The van der Waals surface area contributed by atoms with E-state index in [-0.39, 0.29) is 35.7 Å². The Morgan fingerprint density at radius 1 is 1.15 bits per heavy atom. The fraction of sp³-hybridized carbons (Fsp3) is 0.455. The van der Waals surface area contributed by atoms with Crippen molar-refractivity contribution in [3.8, 4) is 11.5 Å². The fourth-order valence-corrected chi connectivity index (χ4v) is 3.69. The van der Waals surface area contributed by atoms with Crippen molar-refractivity contribution in [2.24, 2.45) is 0 Å². The van der Waals surface area contributed by atoms with Gasteiger partial charge in [0.15, 0.2) is 17.3 Å². The van der Waals surface area contributed by atoms with Crippen LogP contribution in [0.15, 0.2) is 41.8 Å². The lowest BCUT2D eigenvalue weighted by molar-refractivity contribution is -0.286. The van der Waals surface area contributed by atoms with E-state index in [1.807, 2.05) is 24.9 Å². The van der Waals surface area contributed by atoms with E-state index in [2.05, 4.69) is 14.8 Å². The zero-order chi connectivity index (χ0) is 25.8. The molecule has 0 saturated carbocycles. The van der Waals surface area contributed by atoms with Crippen LogP contribution in [0.25, 0.3) is 5.70 Å². The molecule has 1 atom stereocenters. The third-order valence-electron chi connectivity index (χ3n) is 5.12. The third-order valence-corrected chi connectivity index (χ3v) is 5.44. The fourth-order valence-electron chi connectivity index (χ4n) is 3.44. The van der Waals surface area contributed by atoms with Crippen molar-refractivity contribution in [3.63, 3.8) is 0 Å². The highest BCUT2D eigenvalue weighted by atomic mass is 35.5. The molecule has 3 aliphatic heterocycles. The number of aliphatic hydroxyl groups excluding tert-OH is 1. The second kappa shape index (κ2) is 11.2. The van der Waals surface area contributed by atoms with Gasteiger partial charge in [-0.1, -0.05) is 25.4 Å².